The van der Waals surface area contributed by atoms with E-state index < -0.39 is 5.54 Å². The number of benzene rings is 1. The Hall–Kier alpha value is -2.18. The third kappa shape index (κ3) is 3.83. The molecule has 24 heavy (non-hydrogen) atoms. The van der Waals surface area contributed by atoms with Crippen molar-refractivity contribution in [1.82, 2.24) is 15.5 Å². The fourth-order valence-electron chi connectivity index (χ4n) is 2.79. The molecule has 1 aliphatic rings. The van der Waals surface area contributed by atoms with Gasteiger partial charge in [-0.25, -0.2) is 0 Å². The topological polar surface area (TPSA) is 94.0 Å². The average molecular weight is 349 g/mol. The molecule has 1 aromatic carbocycles. The summed E-state index contributed by atoms with van der Waals surface area (Å²) in [5, 5.41) is 6.60. The van der Waals surface area contributed by atoms with Crippen LogP contribution in [0.25, 0.3) is 12.2 Å². The molecule has 0 aliphatic heterocycles. The van der Waals surface area contributed by atoms with Gasteiger partial charge in [0.05, 0.1) is 5.54 Å². The molecule has 0 bridgehead atoms. The highest BCUT2D eigenvalue weighted by molar-refractivity contribution is 5.94. The highest BCUT2D eigenvalue weighted by Gasteiger charge is 2.35. The van der Waals surface area contributed by atoms with Crippen LogP contribution in [0.15, 0.2) is 28.8 Å². The summed E-state index contributed by atoms with van der Waals surface area (Å²) in [7, 11) is 1.61. The Bertz CT molecular complexity index is 718. The zero-order valence-corrected chi connectivity index (χ0v) is 14.3. The summed E-state index contributed by atoms with van der Waals surface area (Å²) in [6.45, 7) is 0. The number of hydrogen-bond donors (Lipinski definition) is 2. The molecular formula is C17H21ClN4O2. The van der Waals surface area contributed by atoms with E-state index in [0.29, 0.717) is 17.3 Å². The van der Waals surface area contributed by atoms with Crippen LogP contribution in [0.5, 0.6) is 0 Å². The number of nitrogens with two attached hydrogens (primary N) is 1. The summed E-state index contributed by atoms with van der Waals surface area (Å²) >= 11 is 0. The van der Waals surface area contributed by atoms with E-state index in [1.165, 1.54) is 0 Å². The molecule has 0 radical (unpaired) electrons. The number of nitrogens with zero attached hydrogens (tertiary/aromatic N) is 2. The first kappa shape index (κ1) is 18.2. The first-order valence-electron chi connectivity index (χ1n) is 7.74. The van der Waals surface area contributed by atoms with Gasteiger partial charge in [0.15, 0.2) is 5.82 Å². The van der Waals surface area contributed by atoms with Crippen molar-refractivity contribution < 1.29 is 9.32 Å². The second-order valence-corrected chi connectivity index (χ2v) is 5.85. The van der Waals surface area contributed by atoms with Crippen molar-refractivity contribution in [3.05, 3.63) is 47.1 Å². The second kappa shape index (κ2) is 7.59. The van der Waals surface area contributed by atoms with Gasteiger partial charge in [0.1, 0.15) is 0 Å². The summed E-state index contributed by atoms with van der Waals surface area (Å²) < 4.78 is 5.25. The maximum absolute atomic E-state index is 11.5. The van der Waals surface area contributed by atoms with Crippen molar-refractivity contribution in [3.8, 4) is 0 Å². The minimum atomic E-state index is -0.440. The van der Waals surface area contributed by atoms with E-state index in [0.717, 1.165) is 31.2 Å². The van der Waals surface area contributed by atoms with Gasteiger partial charge in [-0.2, -0.15) is 4.98 Å². The molecule has 2 aromatic rings. The Morgan fingerprint density at radius 3 is 2.54 bits per heavy atom. The van der Waals surface area contributed by atoms with Crippen LogP contribution in [0, 0.1) is 0 Å². The number of halogens is 1. The molecule has 1 aromatic heterocycles. The van der Waals surface area contributed by atoms with Gasteiger partial charge in [-0.3, -0.25) is 4.79 Å². The van der Waals surface area contributed by atoms with E-state index in [2.05, 4.69) is 15.5 Å². The molecule has 0 spiro atoms. The first-order valence-corrected chi connectivity index (χ1v) is 7.74. The molecule has 1 fully saturated rings. The lowest BCUT2D eigenvalue weighted by molar-refractivity contribution is 0.0963. The minimum absolute atomic E-state index is 0. The molecule has 3 rings (SSSR count). The van der Waals surface area contributed by atoms with E-state index in [4.69, 9.17) is 10.3 Å². The summed E-state index contributed by atoms with van der Waals surface area (Å²) in [6.07, 6.45) is 7.63. The van der Waals surface area contributed by atoms with Crippen LogP contribution >= 0.6 is 12.4 Å². The van der Waals surface area contributed by atoms with Gasteiger partial charge in [-0.05, 0) is 36.6 Å². The highest BCUT2D eigenvalue weighted by Crippen LogP contribution is 2.34. The molecule has 0 atom stereocenters. The molecule has 7 heteroatoms. The molecule has 6 nitrogen and oxygen atoms in total. The molecular weight excluding hydrogens is 328 g/mol. The summed E-state index contributed by atoms with van der Waals surface area (Å²) in [5.41, 5.74) is 7.44. The van der Waals surface area contributed by atoms with Crippen molar-refractivity contribution in [3.63, 3.8) is 0 Å². The molecule has 1 saturated carbocycles. The van der Waals surface area contributed by atoms with Crippen molar-refractivity contribution in [2.45, 2.75) is 31.2 Å². The molecule has 0 saturated heterocycles. The van der Waals surface area contributed by atoms with E-state index >= 15 is 0 Å². The molecule has 1 heterocycles. The number of aromatic nitrogens is 2. The third-order valence-electron chi connectivity index (χ3n) is 4.20. The number of nitrogens with one attached hydrogen (secondary N) is 1. The van der Waals surface area contributed by atoms with Crippen LogP contribution in [0.3, 0.4) is 0 Å². The summed E-state index contributed by atoms with van der Waals surface area (Å²) in [5.74, 6) is 0.920. The van der Waals surface area contributed by atoms with Crippen LogP contribution in [0.4, 0.5) is 0 Å². The number of amides is 1. The predicted octanol–water partition coefficient (Wildman–Crippen LogP) is 2.75. The van der Waals surface area contributed by atoms with Crippen molar-refractivity contribution in [2.24, 2.45) is 5.73 Å². The van der Waals surface area contributed by atoms with E-state index in [1.54, 1.807) is 25.3 Å². The van der Waals surface area contributed by atoms with Gasteiger partial charge in [0.2, 0.25) is 0 Å². The maximum Gasteiger partial charge on any atom is 0.251 e. The standard InChI is InChI=1S/C17H20N4O2.ClH/c1-19-15(22)13-7-4-12(5-8-13)6-9-14-20-16(21-23-14)17(18)10-2-3-11-17;/h4-9H,2-3,10-11,18H2,1H3,(H,19,22);1H/b9-6+;. The first-order chi connectivity index (χ1) is 11.1. The lowest BCUT2D eigenvalue weighted by Crippen LogP contribution is -2.34. The van der Waals surface area contributed by atoms with Crippen molar-refractivity contribution in [1.29, 1.82) is 0 Å². The fourth-order valence-corrected chi connectivity index (χ4v) is 2.79. The highest BCUT2D eigenvalue weighted by atomic mass is 35.5. The predicted molar refractivity (Wildman–Crippen MR) is 94.6 cm³/mol. The van der Waals surface area contributed by atoms with Gasteiger partial charge in [0, 0.05) is 18.7 Å². The number of carbonyl (C=O) groups is 1. The Balaban J connectivity index is 0.00000208. The van der Waals surface area contributed by atoms with Gasteiger partial charge < -0.3 is 15.6 Å². The van der Waals surface area contributed by atoms with Crippen molar-refractivity contribution >= 4 is 30.5 Å². The van der Waals surface area contributed by atoms with Crippen LogP contribution in [-0.4, -0.2) is 23.1 Å². The molecule has 1 aliphatic carbocycles. The van der Waals surface area contributed by atoms with Gasteiger partial charge >= 0.3 is 0 Å². The Labute approximate surface area is 146 Å². The van der Waals surface area contributed by atoms with Gasteiger partial charge in [-0.15, -0.1) is 12.4 Å². The number of hydrogen-bond acceptors (Lipinski definition) is 5. The van der Waals surface area contributed by atoms with Crippen LogP contribution in [0.1, 0.15) is 53.3 Å². The van der Waals surface area contributed by atoms with Crippen LogP contribution in [-0.2, 0) is 5.54 Å². The number of carbonyl (C=O) groups excluding carboxylic acids is 1. The zero-order valence-electron chi connectivity index (χ0n) is 13.5. The van der Waals surface area contributed by atoms with Crippen molar-refractivity contribution in [2.75, 3.05) is 7.05 Å². The van der Waals surface area contributed by atoms with Crippen LogP contribution < -0.4 is 11.1 Å². The van der Waals surface area contributed by atoms with E-state index in [9.17, 15) is 4.79 Å². The van der Waals surface area contributed by atoms with Gasteiger partial charge in [0.25, 0.3) is 11.8 Å². The maximum atomic E-state index is 11.5. The monoisotopic (exact) mass is 348 g/mol. The zero-order chi connectivity index (χ0) is 16.3. The minimum Gasteiger partial charge on any atom is -0.355 e. The van der Waals surface area contributed by atoms with Gasteiger partial charge in [-0.1, -0.05) is 30.1 Å². The number of rotatable bonds is 4. The second-order valence-electron chi connectivity index (χ2n) is 5.85. The smallest absolute Gasteiger partial charge is 0.251 e. The van der Waals surface area contributed by atoms with E-state index in [-0.39, 0.29) is 18.3 Å². The molecule has 0 unspecified atom stereocenters. The van der Waals surface area contributed by atoms with E-state index in [1.807, 2.05) is 18.2 Å². The summed E-state index contributed by atoms with van der Waals surface area (Å²) in [6, 6.07) is 7.26. The average Bonchev–Trinajstić information content (AvgIpc) is 3.22. The summed E-state index contributed by atoms with van der Waals surface area (Å²) in [4.78, 5) is 15.9. The van der Waals surface area contributed by atoms with Crippen LogP contribution in [0.2, 0.25) is 0 Å². The molecule has 128 valence electrons. The SMILES string of the molecule is CNC(=O)c1ccc(/C=C/c2nc(C3(N)CCCC3)no2)cc1.Cl. The molecule has 3 N–H and O–H groups in total. The Morgan fingerprint density at radius 1 is 1.25 bits per heavy atom. The normalized spacial score (nSPS) is 16.1. The molecule has 1 amide bonds. The largest absolute Gasteiger partial charge is 0.355 e. The Morgan fingerprint density at radius 2 is 1.92 bits per heavy atom. The fraction of sp³-hybridized carbons (Fsp3) is 0.353. The Kier molecular flexibility index (Phi) is 5.75. The lowest BCUT2D eigenvalue weighted by atomic mass is 9.99. The quantitative estimate of drug-likeness (QED) is 0.886. The lowest BCUT2D eigenvalue weighted by Gasteiger charge is -2.17. The third-order valence-corrected chi connectivity index (χ3v) is 4.20.